The first-order valence-corrected chi connectivity index (χ1v) is 5.73. The summed E-state index contributed by atoms with van der Waals surface area (Å²) in [5.74, 6) is 0.625. The predicted molar refractivity (Wildman–Crippen MR) is 70.1 cm³/mol. The summed E-state index contributed by atoms with van der Waals surface area (Å²) in [6.07, 6.45) is 3.58. The number of methoxy groups -OCH3 is 1. The third kappa shape index (κ3) is 3.28. The number of ether oxygens (including phenoxy) is 1. The number of hydrogen-bond donors (Lipinski definition) is 0. The summed E-state index contributed by atoms with van der Waals surface area (Å²) in [6.45, 7) is 5.99. The molecule has 0 saturated heterocycles. The van der Waals surface area contributed by atoms with Gasteiger partial charge in [-0.15, -0.1) is 0 Å². The van der Waals surface area contributed by atoms with E-state index in [4.69, 9.17) is 4.74 Å². The molecule has 2 heterocycles. The second-order valence-corrected chi connectivity index (χ2v) is 3.23. The average Bonchev–Trinajstić information content (AvgIpc) is 2.42. The highest BCUT2D eigenvalue weighted by Gasteiger charge is 2.02. The highest BCUT2D eigenvalue weighted by atomic mass is 16.5. The zero-order valence-electron chi connectivity index (χ0n) is 10.8. The van der Waals surface area contributed by atoms with Crippen molar-refractivity contribution in [2.24, 2.45) is 0 Å². The van der Waals surface area contributed by atoms with Crippen molar-refractivity contribution < 1.29 is 4.74 Å². The smallest absolute Gasteiger partial charge is 0.212 e. The SMILES string of the molecule is CC.COc1ccc(-c2cccnc2C)cn1. The van der Waals surface area contributed by atoms with Gasteiger partial charge in [-0.3, -0.25) is 4.98 Å². The van der Waals surface area contributed by atoms with Crippen LogP contribution in [0.2, 0.25) is 0 Å². The lowest BCUT2D eigenvalue weighted by Gasteiger charge is -2.04. The highest BCUT2D eigenvalue weighted by Crippen LogP contribution is 2.21. The molecule has 90 valence electrons. The maximum absolute atomic E-state index is 5.01. The summed E-state index contributed by atoms with van der Waals surface area (Å²) in [4.78, 5) is 8.40. The van der Waals surface area contributed by atoms with Gasteiger partial charge in [0.25, 0.3) is 0 Å². The third-order valence-corrected chi connectivity index (χ3v) is 2.26. The molecule has 2 rings (SSSR count). The lowest BCUT2D eigenvalue weighted by atomic mass is 10.1. The fourth-order valence-electron chi connectivity index (χ4n) is 1.45. The van der Waals surface area contributed by atoms with E-state index in [1.165, 1.54) is 0 Å². The Morgan fingerprint density at radius 3 is 2.35 bits per heavy atom. The molecule has 0 bridgehead atoms. The summed E-state index contributed by atoms with van der Waals surface area (Å²) < 4.78 is 5.01. The monoisotopic (exact) mass is 230 g/mol. The molecule has 0 unspecified atom stereocenters. The number of rotatable bonds is 2. The first-order valence-electron chi connectivity index (χ1n) is 5.73. The zero-order chi connectivity index (χ0) is 12.7. The quantitative estimate of drug-likeness (QED) is 0.792. The minimum absolute atomic E-state index is 0.625. The fourth-order valence-corrected chi connectivity index (χ4v) is 1.45. The van der Waals surface area contributed by atoms with Crippen LogP contribution in [0.1, 0.15) is 19.5 Å². The molecule has 0 aromatic carbocycles. The molecule has 0 radical (unpaired) electrons. The molecule has 0 saturated carbocycles. The molecule has 0 amide bonds. The lowest BCUT2D eigenvalue weighted by Crippen LogP contribution is -1.89. The number of nitrogens with zero attached hydrogens (tertiary/aromatic N) is 2. The molecule has 0 aliphatic heterocycles. The van der Waals surface area contributed by atoms with Crippen LogP contribution in [0.25, 0.3) is 11.1 Å². The van der Waals surface area contributed by atoms with Crippen molar-refractivity contribution in [3.63, 3.8) is 0 Å². The fraction of sp³-hybridized carbons (Fsp3) is 0.286. The van der Waals surface area contributed by atoms with Crippen LogP contribution in [0.3, 0.4) is 0 Å². The van der Waals surface area contributed by atoms with E-state index < -0.39 is 0 Å². The minimum atomic E-state index is 0.625. The van der Waals surface area contributed by atoms with Crippen LogP contribution in [0.4, 0.5) is 0 Å². The molecule has 3 nitrogen and oxygen atoms in total. The van der Waals surface area contributed by atoms with Crippen molar-refractivity contribution in [1.82, 2.24) is 9.97 Å². The molecule has 0 N–H and O–H groups in total. The Kier molecular flexibility index (Phi) is 5.14. The summed E-state index contributed by atoms with van der Waals surface area (Å²) in [6, 6.07) is 7.79. The van der Waals surface area contributed by atoms with Crippen LogP contribution >= 0.6 is 0 Å². The summed E-state index contributed by atoms with van der Waals surface area (Å²) >= 11 is 0. The minimum Gasteiger partial charge on any atom is -0.481 e. The first-order chi connectivity index (χ1) is 8.31. The number of hydrogen-bond acceptors (Lipinski definition) is 3. The van der Waals surface area contributed by atoms with Gasteiger partial charge in [-0.25, -0.2) is 4.98 Å². The van der Waals surface area contributed by atoms with Gasteiger partial charge >= 0.3 is 0 Å². The molecule has 0 spiro atoms. The van der Waals surface area contributed by atoms with Gasteiger partial charge in [0.05, 0.1) is 7.11 Å². The summed E-state index contributed by atoms with van der Waals surface area (Å²) in [5.41, 5.74) is 3.17. The van der Waals surface area contributed by atoms with E-state index in [-0.39, 0.29) is 0 Å². The zero-order valence-corrected chi connectivity index (χ0v) is 10.8. The van der Waals surface area contributed by atoms with Crippen molar-refractivity contribution >= 4 is 0 Å². The van der Waals surface area contributed by atoms with Crippen LogP contribution < -0.4 is 4.74 Å². The van der Waals surface area contributed by atoms with E-state index >= 15 is 0 Å². The Hall–Kier alpha value is -1.90. The standard InChI is InChI=1S/C12H12N2O.C2H6/c1-9-11(4-3-7-13-9)10-5-6-12(15-2)14-8-10;1-2/h3-8H,1-2H3;1-2H3. The van der Waals surface area contributed by atoms with Crippen molar-refractivity contribution in [2.75, 3.05) is 7.11 Å². The molecule has 2 aromatic rings. The molecule has 17 heavy (non-hydrogen) atoms. The van der Waals surface area contributed by atoms with Crippen LogP contribution in [-0.2, 0) is 0 Å². The average molecular weight is 230 g/mol. The summed E-state index contributed by atoms with van der Waals surface area (Å²) in [7, 11) is 1.61. The van der Waals surface area contributed by atoms with E-state index in [9.17, 15) is 0 Å². The normalized spacial score (nSPS) is 9.18. The second kappa shape index (κ2) is 6.63. The van der Waals surface area contributed by atoms with Crippen molar-refractivity contribution in [3.8, 4) is 17.0 Å². The maximum atomic E-state index is 5.01. The molecule has 3 heteroatoms. The molecule has 0 aliphatic rings. The van der Waals surface area contributed by atoms with Crippen LogP contribution in [-0.4, -0.2) is 17.1 Å². The van der Waals surface area contributed by atoms with Crippen molar-refractivity contribution in [3.05, 3.63) is 42.4 Å². The third-order valence-electron chi connectivity index (χ3n) is 2.26. The molecule has 0 atom stereocenters. The predicted octanol–water partition coefficient (Wildman–Crippen LogP) is 3.49. The van der Waals surface area contributed by atoms with E-state index in [0.717, 1.165) is 16.8 Å². The highest BCUT2D eigenvalue weighted by molar-refractivity contribution is 5.64. The molecular formula is C14H18N2O. The van der Waals surface area contributed by atoms with Gasteiger partial charge < -0.3 is 4.74 Å². The lowest BCUT2D eigenvalue weighted by molar-refractivity contribution is 0.398. The van der Waals surface area contributed by atoms with Gasteiger partial charge in [0.15, 0.2) is 0 Å². The molecule has 2 aromatic heterocycles. The van der Waals surface area contributed by atoms with Gasteiger partial charge in [0.1, 0.15) is 0 Å². The van der Waals surface area contributed by atoms with E-state index in [0.29, 0.717) is 5.88 Å². The number of aromatic nitrogens is 2. The largest absolute Gasteiger partial charge is 0.481 e. The first kappa shape index (κ1) is 13.2. The maximum Gasteiger partial charge on any atom is 0.212 e. The van der Waals surface area contributed by atoms with Crippen molar-refractivity contribution in [1.29, 1.82) is 0 Å². The van der Waals surface area contributed by atoms with Crippen LogP contribution in [0, 0.1) is 6.92 Å². The number of aryl methyl sites for hydroxylation is 1. The van der Waals surface area contributed by atoms with E-state index in [1.807, 2.05) is 45.0 Å². The Morgan fingerprint density at radius 1 is 1.06 bits per heavy atom. The van der Waals surface area contributed by atoms with Crippen molar-refractivity contribution in [2.45, 2.75) is 20.8 Å². The Morgan fingerprint density at radius 2 is 1.82 bits per heavy atom. The Bertz CT molecular complexity index is 452. The number of pyridine rings is 2. The van der Waals surface area contributed by atoms with Gasteiger partial charge in [-0.2, -0.15) is 0 Å². The Balaban J connectivity index is 0.000000686. The van der Waals surface area contributed by atoms with Crippen LogP contribution in [0.15, 0.2) is 36.7 Å². The van der Waals surface area contributed by atoms with E-state index in [1.54, 1.807) is 19.5 Å². The Labute approximate surface area is 103 Å². The van der Waals surface area contributed by atoms with Gasteiger partial charge in [0.2, 0.25) is 5.88 Å². The molecule has 0 aliphatic carbocycles. The van der Waals surface area contributed by atoms with Gasteiger partial charge in [0, 0.05) is 35.3 Å². The van der Waals surface area contributed by atoms with E-state index in [2.05, 4.69) is 9.97 Å². The summed E-state index contributed by atoms with van der Waals surface area (Å²) in [5, 5.41) is 0. The molecule has 0 fully saturated rings. The topological polar surface area (TPSA) is 35.0 Å². The molecular weight excluding hydrogens is 212 g/mol. The van der Waals surface area contributed by atoms with Gasteiger partial charge in [-0.1, -0.05) is 19.9 Å². The van der Waals surface area contributed by atoms with Crippen LogP contribution in [0.5, 0.6) is 5.88 Å². The second-order valence-electron chi connectivity index (χ2n) is 3.23. The van der Waals surface area contributed by atoms with Gasteiger partial charge in [-0.05, 0) is 19.1 Å².